The van der Waals surface area contributed by atoms with Gasteiger partial charge in [0.15, 0.2) is 6.61 Å². The Labute approximate surface area is 138 Å². The van der Waals surface area contributed by atoms with Gasteiger partial charge < -0.3 is 9.64 Å². The number of nitrogens with zero attached hydrogens (tertiary/aromatic N) is 1. The molecule has 1 N–H and O–H groups in total. The fourth-order valence-electron chi connectivity index (χ4n) is 1.99. The van der Waals surface area contributed by atoms with Crippen LogP contribution >= 0.6 is 0 Å². The van der Waals surface area contributed by atoms with Crippen molar-refractivity contribution in [2.45, 2.75) is 45.1 Å². The molecule has 0 fully saturated rings. The van der Waals surface area contributed by atoms with Crippen molar-refractivity contribution in [1.29, 1.82) is 0 Å². The second kappa shape index (κ2) is 7.79. The Morgan fingerprint density at radius 3 is 2.09 bits per heavy atom. The minimum Gasteiger partial charge on any atom is -0.484 e. The highest BCUT2D eigenvalue weighted by Crippen LogP contribution is 2.17. The third-order valence-electron chi connectivity index (χ3n) is 3.05. The van der Waals surface area contributed by atoms with Gasteiger partial charge in [0.2, 0.25) is 10.0 Å². The van der Waals surface area contributed by atoms with Crippen LogP contribution in [0.3, 0.4) is 0 Å². The summed E-state index contributed by atoms with van der Waals surface area (Å²) in [6.07, 6.45) is 0. The quantitative estimate of drug-likeness (QED) is 0.822. The van der Waals surface area contributed by atoms with Crippen molar-refractivity contribution >= 4 is 15.9 Å². The van der Waals surface area contributed by atoms with Crippen molar-refractivity contribution in [3.63, 3.8) is 0 Å². The van der Waals surface area contributed by atoms with E-state index >= 15 is 0 Å². The maximum atomic E-state index is 12.2. The first kappa shape index (κ1) is 19.4. The molecule has 1 amide bonds. The van der Waals surface area contributed by atoms with Crippen LogP contribution in [0.2, 0.25) is 0 Å². The Balaban J connectivity index is 2.72. The van der Waals surface area contributed by atoms with Crippen molar-refractivity contribution in [3.05, 3.63) is 24.3 Å². The predicted molar refractivity (Wildman–Crippen MR) is 89.9 cm³/mol. The second-order valence-corrected chi connectivity index (χ2v) is 7.86. The van der Waals surface area contributed by atoms with Gasteiger partial charge in [-0.15, -0.1) is 0 Å². The van der Waals surface area contributed by atoms with Crippen molar-refractivity contribution in [2.24, 2.45) is 0 Å². The van der Waals surface area contributed by atoms with E-state index in [4.69, 9.17) is 4.74 Å². The molecule has 0 aliphatic heterocycles. The molecule has 0 saturated carbocycles. The summed E-state index contributed by atoms with van der Waals surface area (Å²) < 4.78 is 32.4. The van der Waals surface area contributed by atoms with Gasteiger partial charge in [0.1, 0.15) is 5.75 Å². The summed E-state index contributed by atoms with van der Waals surface area (Å²) >= 11 is 0. The molecule has 0 saturated heterocycles. The van der Waals surface area contributed by atoms with Gasteiger partial charge in [-0.2, -0.15) is 0 Å². The minimum absolute atomic E-state index is 0.0615. The molecule has 0 heterocycles. The van der Waals surface area contributed by atoms with Crippen LogP contribution in [-0.4, -0.2) is 44.5 Å². The third kappa shape index (κ3) is 6.19. The number of carbonyl (C=O) groups excluding carboxylic acids is 1. The number of likely N-dealkylation sites (N-methyl/N-ethyl adjacent to an activating group) is 1. The zero-order chi connectivity index (χ0) is 17.7. The summed E-state index contributed by atoms with van der Waals surface area (Å²) in [6, 6.07) is 6.02. The van der Waals surface area contributed by atoms with E-state index in [2.05, 4.69) is 4.72 Å². The number of benzene rings is 1. The van der Waals surface area contributed by atoms with Gasteiger partial charge in [-0.05, 0) is 58.9 Å². The Morgan fingerprint density at radius 1 is 1.13 bits per heavy atom. The zero-order valence-electron chi connectivity index (χ0n) is 14.4. The fraction of sp³-hybridized carbons (Fsp3) is 0.562. The molecule has 0 unspecified atom stereocenters. The number of sulfonamides is 1. The number of hydrogen-bond donors (Lipinski definition) is 1. The SMILES string of the molecule is CCN(CC)C(=O)COc1ccc(S(=O)(=O)NC(C)(C)C)cc1. The fourth-order valence-corrected chi connectivity index (χ4v) is 3.41. The van der Waals surface area contributed by atoms with Gasteiger partial charge in [0.05, 0.1) is 4.90 Å². The van der Waals surface area contributed by atoms with Crippen molar-refractivity contribution in [1.82, 2.24) is 9.62 Å². The average Bonchev–Trinajstić information content (AvgIpc) is 2.44. The van der Waals surface area contributed by atoms with Crippen LogP contribution < -0.4 is 9.46 Å². The van der Waals surface area contributed by atoms with E-state index in [9.17, 15) is 13.2 Å². The van der Waals surface area contributed by atoms with Crippen molar-refractivity contribution < 1.29 is 17.9 Å². The van der Waals surface area contributed by atoms with Gasteiger partial charge >= 0.3 is 0 Å². The summed E-state index contributed by atoms with van der Waals surface area (Å²) in [5, 5.41) is 0. The molecule has 6 nitrogen and oxygen atoms in total. The summed E-state index contributed by atoms with van der Waals surface area (Å²) in [4.78, 5) is 13.7. The summed E-state index contributed by atoms with van der Waals surface area (Å²) in [7, 11) is -3.57. The van der Waals surface area contributed by atoms with Gasteiger partial charge in [-0.3, -0.25) is 4.79 Å². The first-order valence-corrected chi connectivity index (χ1v) is 9.12. The van der Waals surface area contributed by atoms with Crippen LogP contribution in [0.5, 0.6) is 5.75 Å². The Bertz CT molecular complexity index is 614. The molecule has 0 spiro atoms. The first-order valence-electron chi connectivity index (χ1n) is 7.63. The van der Waals surface area contributed by atoms with E-state index in [1.165, 1.54) is 12.1 Å². The molecule has 0 aliphatic rings. The lowest BCUT2D eigenvalue weighted by Gasteiger charge is -2.20. The number of ether oxygens (including phenoxy) is 1. The minimum atomic E-state index is -3.57. The predicted octanol–water partition coefficient (Wildman–Crippen LogP) is 2.01. The van der Waals surface area contributed by atoms with Gasteiger partial charge in [0, 0.05) is 18.6 Å². The standard InChI is InChI=1S/C16H26N2O4S/c1-6-18(7-2)15(19)12-22-13-8-10-14(11-9-13)23(20,21)17-16(3,4)5/h8-11,17H,6-7,12H2,1-5H3. The molecule has 1 aromatic rings. The monoisotopic (exact) mass is 342 g/mol. The molecule has 0 bridgehead atoms. The molecule has 1 rings (SSSR count). The lowest BCUT2D eigenvalue weighted by Crippen LogP contribution is -2.40. The summed E-state index contributed by atoms with van der Waals surface area (Å²) in [6.45, 7) is 10.4. The van der Waals surface area contributed by atoms with Crippen LogP contribution in [0.1, 0.15) is 34.6 Å². The van der Waals surface area contributed by atoms with Crippen LogP contribution in [0.15, 0.2) is 29.2 Å². The second-order valence-electron chi connectivity index (χ2n) is 6.18. The summed E-state index contributed by atoms with van der Waals surface area (Å²) in [5.41, 5.74) is -0.551. The zero-order valence-corrected chi connectivity index (χ0v) is 15.2. The van der Waals surface area contributed by atoms with Crippen molar-refractivity contribution in [2.75, 3.05) is 19.7 Å². The molecule has 130 valence electrons. The Morgan fingerprint density at radius 2 is 1.65 bits per heavy atom. The molecule has 0 atom stereocenters. The average molecular weight is 342 g/mol. The number of rotatable bonds is 7. The van der Waals surface area contributed by atoms with Gasteiger partial charge in [-0.25, -0.2) is 13.1 Å². The number of hydrogen-bond acceptors (Lipinski definition) is 4. The van der Waals surface area contributed by atoms with E-state index in [1.54, 1.807) is 37.8 Å². The molecule has 0 aliphatic carbocycles. The molecule has 1 aromatic carbocycles. The van der Waals surface area contributed by atoms with E-state index in [0.29, 0.717) is 18.8 Å². The maximum Gasteiger partial charge on any atom is 0.260 e. The molecule has 23 heavy (non-hydrogen) atoms. The number of amides is 1. The normalized spacial score (nSPS) is 12.0. The van der Waals surface area contributed by atoms with Gasteiger partial charge in [-0.1, -0.05) is 0 Å². The Hall–Kier alpha value is -1.60. The highest BCUT2D eigenvalue weighted by atomic mass is 32.2. The van der Waals surface area contributed by atoms with E-state index in [0.717, 1.165) is 0 Å². The van der Waals surface area contributed by atoms with Crippen LogP contribution in [-0.2, 0) is 14.8 Å². The van der Waals surface area contributed by atoms with E-state index in [1.807, 2.05) is 13.8 Å². The van der Waals surface area contributed by atoms with Crippen LogP contribution in [0, 0.1) is 0 Å². The van der Waals surface area contributed by atoms with Crippen LogP contribution in [0.25, 0.3) is 0 Å². The lowest BCUT2D eigenvalue weighted by molar-refractivity contribution is -0.132. The highest BCUT2D eigenvalue weighted by molar-refractivity contribution is 7.89. The molecule has 0 radical (unpaired) electrons. The first-order chi connectivity index (χ1) is 10.6. The Kier molecular flexibility index (Phi) is 6.58. The molecule has 7 heteroatoms. The molecular weight excluding hydrogens is 316 g/mol. The van der Waals surface area contributed by atoms with Crippen LogP contribution in [0.4, 0.5) is 0 Å². The highest BCUT2D eigenvalue weighted by Gasteiger charge is 2.21. The molecule has 0 aromatic heterocycles. The third-order valence-corrected chi connectivity index (χ3v) is 4.83. The van der Waals surface area contributed by atoms with Gasteiger partial charge in [0.25, 0.3) is 5.91 Å². The smallest absolute Gasteiger partial charge is 0.260 e. The van der Waals surface area contributed by atoms with Crippen molar-refractivity contribution in [3.8, 4) is 5.75 Å². The largest absolute Gasteiger partial charge is 0.484 e. The number of nitrogens with one attached hydrogen (secondary N) is 1. The molecular formula is C16H26N2O4S. The summed E-state index contributed by atoms with van der Waals surface area (Å²) in [5.74, 6) is 0.362. The van der Waals surface area contributed by atoms with E-state index < -0.39 is 15.6 Å². The maximum absolute atomic E-state index is 12.2. The topological polar surface area (TPSA) is 75.7 Å². The lowest BCUT2D eigenvalue weighted by atomic mass is 10.1. The number of carbonyl (C=O) groups is 1. The van der Waals surface area contributed by atoms with E-state index in [-0.39, 0.29) is 17.4 Å².